The minimum absolute atomic E-state index is 0.0786. The van der Waals surface area contributed by atoms with E-state index in [1.165, 1.54) is 69.0 Å². The summed E-state index contributed by atoms with van der Waals surface area (Å²) in [7, 11) is 0. The Morgan fingerprint density at radius 1 is 1.00 bits per heavy atom. The summed E-state index contributed by atoms with van der Waals surface area (Å²) in [6.07, 6.45) is 11.7. The van der Waals surface area contributed by atoms with Crippen LogP contribution in [0, 0.1) is 5.92 Å². The molecule has 2 aliphatic carbocycles. The zero-order chi connectivity index (χ0) is 19.4. The number of halogens is 1. The van der Waals surface area contributed by atoms with E-state index in [0.29, 0.717) is 5.92 Å². The molecular formula is C26H32ClN. The Bertz CT molecular complexity index is 808. The van der Waals surface area contributed by atoms with E-state index < -0.39 is 0 Å². The summed E-state index contributed by atoms with van der Waals surface area (Å²) in [6.45, 7) is 2.29. The van der Waals surface area contributed by atoms with Crippen LogP contribution >= 0.6 is 11.6 Å². The normalized spacial score (nSPS) is 23.9. The number of nitrogens with one attached hydrogen (secondary N) is 1. The molecule has 0 unspecified atom stereocenters. The second kappa shape index (κ2) is 8.74. The standard InChI is InChI=1S/C26H32ClN/c1-2-3-4-6-12-21-19-22-13-9-18-26(22,25(21)20-10-7-5-8-11-20)28-24-16-14-23(27)15-17-24/h5,7-8,10-11,14-17,22,28H,2-4,6,9,12-13,18-19H2,1H3/t22-,26+/m1/s1. The Balaban J connectivity index is 1.70. The lowest BCUT2D eigenvalue weighted by atomic mass is 9.81. The highest BCUT2D eigenvalue weighted by Gasteiger charge is 2.51. The van der Waals surface area contributed by atoms with Gasteiger partial charge in [-0.05, 0) is 73.4 Å². The predicted molar refractivity (Wildman–Crippen MR) is 122 cm³/mol. The van der Waals surface area contributed by atoms with Gasteiger partial charge in [0, 0.05) is 10.7 Å². The van der Waals surface area contributed by atoms with E-state index in [2.05, 4.69) is 54.7 Å². The van der Waals surface area contributed by atoms with Crippen LogP contribution < -0.4 is 5.32 Å². The molecule has 0 radical (unpaired) electrons. The number of unbranched alkanes of at least 4 members (excludes halogenated alkanes) is 3. The van der Waals surface area contributed by atoms with Crippen LogP contribution in [0.1, 0.15) is 70.3 Å². The predicted octanol–water partition coefficient (Wildman–Crippen LogP) is 8.12. The first-order valence-electron chi connectivity index (χ1n) is 11.0. The van der Waals surface area contributed by atoms with Gasteiger partial charge in [0.05, 0.1) is 5.54 Å². The van der Waals surface area contributed by atoms with Crippen LogP contribution in [0.4, 0.5) is 5.69 Å². The number of hydrogen-bond acceptors (Lipinski definition) is 1. The molecule has 4 rings (SSSR count). The maximum atomic E-state index is 6.13. The van der Waals surface area contributed by atoms with Crippen molar-refractivity contribution in [3.8, 4) is 0 Å². The maximum absolute atomic E-state index is 6.13. The average molecular weight is 394 g/mol. The number of anilines is 1. The zero-order valence-electron chi connectivity index (χ0n) is 17.0. The van der Waals surface area contributed by atoms with E-state index in [9.17, 15) is 0 Å². The van der Waals surface area contributed by atoms with Crippen LogP contribution in [0.3, 0.4) is 0 Å². The summed E-state index contributed by atoms with van der Waals surface area (Å²) in [6, 6.07) is 19.4. The van der Waals surface area contributed by atoms with Crippen molar-refractivity contribution in [2.24, 2.45) is 5.92 Å². The van der Waals surface area contributed by atoms with E-state index in [-0.39, 0.29) is 5.54 Å². The fraction of sp³-hybridized carbons (Fsp3) is 0.462. The van der Waals surface area contributed by atoms with Crippen molar-refractivity contribution in [1.82, 2.24) is 0 Å². The van der Waals surface area contributed by atoms with Gasteiger partial charge in [-0.15, -0.1) is 0 Å². The van der Waals surface area contributed by atoms with E-state index in [4.69, 9.17) is 11.6 Å². The number of benzene rings is 2. The number of allylic oxidation sites excluding steroid dienone is 1. The van der Waals surface area contributed by atoms with E-state index in [1.807, 2.05) is 12.1 Å². The van der Waals surface area contributed by atoms with Gasteiger partial charge in [-0.1, -0.05) is 80.1 Å². The van der Waals surface area contributed by atoms with Gasteiger partial charge in [-0.2, -0.15) is 0 Å². The second-order valence-corrected chi connectivity index (χ2v) is 8.99. The first-order chi connectivity index (χ1) is 13.7. The van der Waals surface area contributed by atoms with Crippen LogP contribution in [0.25, 0.3) is 5.57 Å². The topological polar surface area (TPSA) is 12.0 Å². The Labute approximate surface area is 175 Å². The molecule has 1 nitrogen and oxygen atoms in total. The zero-order valence-corrected chi connectivity index (χ0v) is 17.8. The van der Waals surface area contributed by atoms with Crippen LogP contribution in [0.15, 0.2) is 60.2 Å². The van der Waals surface area contributed by atoms with Crippen LogP contribution in [-0.2, 0) is 0 Å². The van der Waals surface area contributed by atoms with Crippen molar-refractivity contribution in [3.63, 3.8) is 0 Å². The molecule has 2 atom stereocenters. The summed E-state index contributed by atoms with van der Waals surface area (Å²) in [5.74, 6) is 0.708. The molecule has 1 saturated carbocycles. The molecule has 148 valence electrons. The van der Waals surface area contributed by atoms with Crippen molar-refractivity contribution in [2.45, 2.75) is 70.3 Å². The molecule has 1 fully saturated rings. The summed E-state index contributed by atoms with van der Waals surface area (Å²) < 4.78 is 0. The lowest BCUT2D eigenvalue weighted by Crippen LogP contribution is -2.40. The number of fused-ring (bicyclic) bond motifs is 1. The molecule has 2 aromatic carbocycles. The molecule has 0 heterocycles. The molecule has 2 heteroatoms. The van der Waals surface area contributed by atoms with Gasteiger partial charge >= 0.3 is 0 Å². The average Bonchev–Trinajstić information content (AvgIpc) is 3.23. The van der Waals surface area contributed by atoms with Crippen LogP contribution in [-0.4, -0.2) is 5.54 Å². The third kappa shape index (κ3) is 3.87. The molecule has 28 heavy (non-hydrogen) atoms. The third-order valence-corrected chi connectivity index (χ3v) is 6.97. The SMILES string of the molecule is CCCCCCC1=C(c2ccccc2)[C@]2(Nc3ccc(Cl)cc3)CCC[C@@H]2C1. The van der Waals surface area contributed by atoms with Gasteiger partial charge in [0.15, 0.2) is 0 Å². The molecule has 0 bridgehead atoms. The van der Waals surface area contributed by atoms with Crippen molar-refractivity contribution in [2.75, 3.05) is 5.32 Å². The third-order valence-electron chi connectivity index (χ3n) is 6.72. The Morgan fingerprint density at radius 3 is 2.54 bits per heavy atom. The largest absolute Gasteiger partial charge is 0.375 e. The van der Waals surface area contributed by atoms with E-state index in [0.717, 1.165) is 5.02 Å². The molecular weight excluding hydrogens is 362 g/mol. The molecule has 0 saturated heterocycles. The highest BCUT2D eigenvalue weighted by atomic mass is 35.5. The highest BCUT2D eigenvalue weighted by molar-refractivity contribution is 6.30. The van der Waals surface area contributed by atoms with Gasteiger partial charge < -0.3 is 5.32 Å². The quantitative estimate of drug-likeness (QED) is 0.446. The molecule has 0 spiro atoms. The van der Waals surface area contributed by atoms with Gasteiger partial charge in [0.2, 0.25) is 0 Å². The fourth-order valence-corrected chi connectivity index (χ4v) is 5.60. The first kappa shape index (κ1) is 19.6. The van der Waals surface area contributed by atoms with Crippen molar-refractivity contribution >= 4 is 22.9 Å². The smallest absolute Gasteiger partial charge is 0.0661 e. The molecule has 1 N–H and O–H groups in total. The fourth-order valence-electron chi connectivity index (χ4n) is 5.47. The maximum Gasteiger partial charge on any atom is 0.0661 e. The molecule has 2 aromatic rings. The van der Waals surface area contributed by atoms with E-state index >= 15 is 0 Å². The van der Waals surface area contributed by atoms with Gasteiger partial charge in [-0.3, -0.25) is 0 Å². The number of hydrogen-bond donors (Lipinski definition) is 1. The summed E-state index contributed by atoms with van der Waals surface area (Å²) in [5.41, 5.74) is 5.99. The lowest BCUT2D eigenvalue weighted by molar-refractivity contribution is 0.453. The van der Waals surface area contributed by atoms with Gasteiger partial charge in [-0.25, -0.2) is 0 Å². The monoisotopic (exact) mass is 393 g/mol. The summed E-state index contributed by atoms with van der Waals surface area (Å²) in [5, 5.41) is 4.81. The lowest BCUT2D eigenvalue weighted by Gasteiger charge is -2.36. The number of rotatable bonds is 8. The first-order valence-corrected chi connectivity index (χ1v) is 11.4. The molecule has 0 aromatic heterocycles. The van der Waals surface area contributed by atoms with Crippen molar-refractivity contribution < 1.29 is 0 Å². The second-order valence-electron chi connectivity index (χ2n) is 8.55. The van der Waals surface area contributed by atoms with Crippen molar-refractivity contribution in [1.29, 1.82) is 0 Å². The van der Waals surface area contributed by atoms with Gasteiger partial charge in [0.25, 0.3) is 0 Å². The summed E-state index contributed by atoms with van der Waals surface area (Å²) in [4.78, 5) is 0. The highest BCUT2D eigenvalue weighted by Crippen LogP contribution is 2.56. The van der Waals surface area contributed by atoms with Crippen molar-refractivity contribution in [3.05, 3.63) is 70.8 Å². The Hall–Kier alpha value is -1.73. The van der Waals surface area contributed by atoms with Crippen LogP contribution in [0.5, 0.6) is 0 Å². The van der Waals surface area contributed by atoms with Gasteiger partial charge in [0.1, 0.15) is 0 Å². The van der Waals surface area contributed by atoms with E-state index in [1.54, 1.807) is 11.1 Å². The summed E-state index contributed by atoms with van der Waals surface area (Å²) >= 11 is 6.13. The molecule has 0 aliphatic heterocycles. The minimum Gasteiger partial charge on any atom is -0.375 e. The van der Waals surface area contributed by atoms with Crippen LogP contribution in [0.2, 0.25) is 5.02 Å². The molecule has 0 amide bonds. The Kier molecular flexibility index (Phi) is 6.11. The molecule has 2 aliphatic rings. The minimum atomic E-state index is 0.0786. The Morgan fingerprint density at radius 2 is 1.79 bits per heavy atom.